The number of carbonyl (C=O) groups is 2. The summed E-state index contributed by atoms with van der Waals surface area (Å²) in [6.07, 6.45) is 4.26. The Hall–Kier alpha value is -2.63. The van der Waals surface area contributed by atoms with E-state index in [-0.39, 0.29) is 24.1 Å². The van der Waals surface area contributed by atoms with E-state index in [2.05, 4.69) is 12.1 Å². The predicted molar refractivity (Wildman–Crippen MR) is 101 cm³/mol. The van der Waals surface area contributed by atoms with Crippen molar-refractivity contribution in [3.63, 3.8) is 0 Å². The highest BCUT2D eigenvalue weighted by atomic mass is 16.5. The molecule has 0 radical (unpaired) electrons. The fraction of sp³-hybridized carbons (Fsp3) is 0.476. The van der Waals surface area contributed by atoms with Crippen molar-refractivity contribution in [2.24, 2.45) is 5.92 Å². The molecule has 144 valence electrons. The van der Waals surface area contributed by atoms with Gasteiger partial charge in [0.1, 0.15) is 17.0 Å². The molecular formula is C21H26N2O4. The third kappa shape index (κ3) is 4.38. The molecular weight excluding hydrogens is 344 g/mol. The summed E-state index contributed by atoms with van der Waals surface area (Å²) >= 11 is 0. The van der Waals surface area contributed by atoms with E-state index in [1.165, 1.54) is 0 Å². The lowest BCUT2D eigenvalue weighted by atomic mass is 9.87. The molecule has 0 spiro atoms. The third-order valence-corrected chi connectivity index (χ3v) is 5.37. The number of benzene rings is 1. The van der Waals surface area contributed by atoms with E-state index in [0.29, 0.717) is 11.5 Å². The van der Waals surface area contributed by atoms with E-state index < -0.39 is 5.97 Å². The number of hydrogen-bond acceptors (Lipinski definition) is 5. The Kier molecular flexibility index (Phi) is 5.94. The molecule has 0 N–H and O–H groups in total. The maximum absolute atomic E-state index is 12.6. The van der Waals surface area contributed by atoms with Gasteiger partial charge in [0.2, 0.25) is 0 Å². The maximum atomic E-state index is 12.6. The minimum atomic E-state index is -0.591. The summed E-state index contributed by atoms with van der Waals surface area (Å²) in [5.74, 6) is 0.321. The van der Waals surface area contributed by atoms with E-state index in [9.17, 15) is 9.59 Å². The number of nitrogens with zero attached hydrogens (tertiary/aromatic N) is 2. The molecule has 27 heavy (non-hydrogen) atoms. The molecule has 0 aliphatic heterocycles. The molecule has 0 atom stereocenters. The minimum absolute atomic E-state index is 0.182. The molecule has 1 fully saturated rings. The van der Waals surface area contributed by atoms with Crippen LogP contribution in [0.2, 0.25) is 0 Å². The van der Waals surface area contributed by atoms with Crippen molar-refractivity contribution in [2.45, 2.75) is 45.6 Å². The lowest BCUT2D eigenvalue weighted by Gasteiger charge is -2.33. The van der Waals surface area contributed by atoms with Crippen LogP contribution in [0.25, 0.3) is 11.3 Å². The molecule has 0 unspecified atom stereocenters. The molecule has 0 saturated heterocycles. The Morgan fingerprint density at radius 3 is 2.52 bits per heavy atom. The number of hydrogen-bond donors (Lipinski definition) is 0. The second kappa shape index (κ2) is 8.37. The Morgan fingerprint density at radius 2 is 1.85 bits per heavy atom. The largest absolute Gasteiger partial charge is 0.452 e. The number of likely N-dealkylation sites (N-methyl/N-ethyl adjacent to an activating group) is 1. The monoisotopic (exact) mass is 370 g/mol. The summed E-state index contributed by atoms with van der Waals surface area (Å²) in [6, 6.07) is 9.52. The standard InChI is InChI=1S/C21H26N2O4/c1-14-9-11-17(12-10-14)23(3)18(24)13-26-21(25)19-15(2)27-22-20(19)16-7-5-4-6-8-16/h4-8,14,17H,9-13H2,1-3H3. The topological polar surface area (TPSA) is 72.6 Å². The number of carbonyl (C=O) groups excluding carboxylic acids is 2. The van der Waals surface area contributed by atoms with Gasteiger partial charge in [0.15, 0.2) is 6.61 Å². The Balaban J connectivity index is 1.63. The zero-order valence-electron chi connectivity index (χ0n) is 16.1. The molecule has 1 aliphatic rings. The first-order chi connectivity index (χ1) is 13.0. The highest BCUT2D eigenvalue weighted by molar-refractivity contribution is 5.98. The first-order valence-corrected chi connectivity index (χ1v) is 9.41. The molecule has 1 amide bonds. The molecule has 6 heteroatoms. The van der Waals surface area contributed by atoms with E-state index in [4.69, 9.17) is 9.26 Å². The maximum Gasteiger partial charge on any atom is 0.344 e. The number of aromatic nitrogens is 1. The zero-order chi connectivity index (χ0) is 19.4. The quantitative estimate of drug-likeness (QED) is 0.748. The smallest absolute Gasteiger partial charge is 0.344 e. The van der Waals surface area contributed by atoms with Gasteiger partial charge in [-0.1, -0.05) is 42.4 Å². The van der Waals surface area contributed by atoms with Gasteiger partial charge in [-0.3, -0.25) is 4.79 Å². The van der Waals surface area contributed by atoms with Gasteiger partial charge in [-0.2, -0.15) is 0 Å². The normalized spacial score (nSPS) is 19.5. The summed E-state index contributed by atoms with van der Waals surface area (Å²) in [5, 5.41) is 3.98. The van der Waals surface area contributed by atoms with E-state index in [1.807, 2.05) is 30.3 Å². The van der Waals surface area contributed by atoms with Crippen molar-refractivity contribution in [1.82, 2.24) is 10.1 Å². The number of amides is 1. The van der Waals surface area contributed by atoms with Crippen molar-refractivity contribution in [3.05, 3.63) is 41.7 Å². The Bertz CT molecular complexity index is 792. The molecule has 6 nitrogen and oxygen atoms in total. The summed E-state index contributed by atoms with van der Waals surface area (Å²) in [7, 11) is 1.79. The molecule has 1 heterocycles. The molecule has 3 rings (SSSR count). The molecule has 0 bridgehead atoms. The van der Waals surface area contributed by atoms with Gasteiger partial charge in [-0.15, -0.1) is 0 Å². The SMILES string of the molecule is Cc1onc(-c2ccccc2)c1C(=O)OCC(=O)N(C)C1CCC(C)CC1. The van der Waals surface area contributed by atoms with Crippen molar-refractivity contribution >= 4 is 11.9 Å². The third-order valence-electron chi connectivity index (χ3n) is 5.37. The van der Waals surface area contributed by atoms with Gasteiger partial charge in [-0.25, -0.2) is 4.79 Å². The van der Waals surface area contributed by atoms with Crippen molar-refractivity contribution in [3.8, 4) is 11.3 Å². The summed E-state index contributed by atoms with van der Waals surface area (Å²) in [6.45, 7) is 3.62. The fourth-order valence-electron chi connectivity index (χ4n) is 3.54. The number of aryl methyl sites for hydroxylation is 1. The second-order valence-electron chi connectivity index (χ2n) is 7.32. The fourth-order valence-corrected chi connectivity index (χ4v) is 3.54. The molecule has 2 aromatic rings. The number of rotatable bonds is 5. The first kappa shape index (κ1) is 19.1. The summed E-state index contributed by atoms with van der Waals surface area (Å²) < 4.78 is 10.5. The van der Waals surface area contributed by atoms with Crippen LogP contribution in [0.3, 0.4) is 0 Å². The molecule has 1 aromatic carbocycles. The molecule has 1 saturated carbocycles. The van der Waals surface area contributed by atoms with Crippen molar-refractivity contribution in [1.29, 1.82) is 0 Å². The lowest BCUT2D eigenvalue weighted by molar-refractivity contribution is -0.136. The van der Waals surface area contributed by atoms with Crippen LogP contribution in [0.15, 0.2) is 34.9 Å². The number of ether oxygens (including phenoxy) is 1. The van der Waals surface area contributed by atoms with Gasteiger partial charge in [0, 0.05) is 18.7 Å². The van der Waals surface area contributed by atoms with Gasteiger partial charge in [0.05, 0.1) is 0 Å². The Labute approximate surface area is 159 Å². The minimum Gasteiger partial charge on any atom is -0.452 e. The molecule has 1 aliphatic carbocycles. The second-order valence-corrected chi connectivity index (χ2v) is 7.32. The highest BCUT2D eigenvalue weighted by Gasteiger charge is 2.27. The van der Waals surface area contributed by atoms with E-state index in [1.54, 1.807) is 18.9 Å². The van der Waals surface area contributed by atoms with Crippen LogP contribution in [0, 0.1) is 12.8 Å². The summed E-state index contributed by atoms with van der Waals surface area (Å²) in [4.78, 5) is 26.7. The van der Waals surface area contributed by atoms with E-state index >= 15 is 0 Å². The average Bonchev–Trinajstić information content (AvgIpc) is 3.08. The Morgan fingerprint density at radius 1 is 1.19 bits per heavy atom. The van der Waals surface area contributed by atoms with Crippen LogP contribution in [0.5, 0.6) is 0 Å². The van der Waals surface area contributed by atoms with Crippen LogP contribution in [-0.2, 0) is 9.53 Å². The lowest BCUT2D eigenvalue weighted by Crippen LogP contribution is -2.41. The summed E-state index contributed by atoms with van der Waals surface area (Å²) in [5.41, 5.74) is 1.46. The first-order valence-electron chi connectivity index (χ1n) is 9.41. The zero-order valence-corrected chi connectivity index (χ0v) is 16.1. The number of esters is 1. The van der Waals surface area contributed by atoms with Crippen LogP contribution >= 0.6 is 0 Å². The van der Waals surface area contributed by atoms with Gasteiger partial charge >= 0.3 is 5.97 Å². The van der Waals surface area contributed by atoms with Gasteiger partial charge in [0.25, 0.3) is 5.91 Å². The van der Waals surface area contributed by atoms with E-state index in [0.717, 1.165) is 37.2 Å². The van der Waals surface area contributed by atoms with Gasteiger partial charge < -0.3 is 14.2 Å². The molecule has 1 aromatic heterocycles. The van der Waals surface area contributed by atoms with Crippen LogP contribution in [-0.4, -0.2) is 41.6 Å². The van der Waals surface area contributed by atoms with Crippen LogP contribution < -0.4 is 0 Å². The van der Waals surface area contributed by atoms with Gasteiger partial charge in [-0.05, 0) is 38.5 Å². The van der Waals surface area contributed by atoms with Crippen LogP contribution in [0.4, 0.5) is 0 Å². The highest BCUT2D eigenvalue weighted by Crippen LogP contribution is 2.27. The van der Waals surface area contributed by atoms with Crippen molar-refractivity contribution < 1.29 is 18.8 Å². The predicted octanol–water partition coefficient (Wildman–Crippen LogP) is 3.84. The van der Waals surface area contributed by atoms with Crippen molar-refractivity contribution in [2.75, 3.05) is 13.7 Å². The average molecular weight is 370 g/mol. The van der Waals surface area contributed by atoms with Crippen LogP contribution in [0.1, 0.15) is 48.7 Å².